The number of nitrogens with zero attached hydrogens (tertiary/aromatic N) is 1. The highest BCUT2D eigenvalue weighted by Gasteiger charge is 2.24. The van der Waals surface area contributed by atoms with E-state index in [-0.39, 0.29) is 18.8 Å². The highest BCUT2D eigenvalue weighted by Crippen LogP contribution is 2.09. The molecule has 2 aliphatic heterocycles. The molecule has 0 radical (unpaired) electrons. The molecule has 2 aliphatic rings. The van der Waals surface area contributed by atoms with Crippen molar-refractivity contribution in [3.63, 3.8) is 0 Å². The summed E-state index contributed by atoms with van der Waals surface area (Å²) in [5.41, 5.74) is 0. The first kappa shape index (κ1) is 11.3. The standard InChI is InChI=1S/C10H20N2O3/c13-6-10-8-14-7-9(15-10)5-12-3-1-11-2-4-12/h9-11,13H,1-8H2/t9-,10+/m1/s1. The van der Waals surface area contributed by atoms with Gasteiger partial charge in [0.05, 0.1) is 25.9 Å². The Morgan fingerprint density at radius 2 is 1.93 bits per heavy atom. The van der Waals surface area contributed by atoms with Gasteiger partial charge in [0, 0.05) is 32.7 Å². The molecule has 2 fully saturated rings. The maximum Gasteiger partial charge on any atom is 0.104 e. The second kappa shape index (κ2) is 5.77. The summed E-state index contributed by atoms with van der Waals surface area (Å²) in [4.78, 5) is 2.38. The summed E-state index contributed by atoms with van der Waals surface area (Å²) in [5, 5.41) is 12.3. The van der Waals surface area contributed by atoms with E-state index >= 15 is 0 Å². The Bertz CT molecular complexity index is 186. The molecule has 88 valence electrons. The molecule has 5 nitrogen and oxygen atoms in total. The minimum absolute atomic E-state index is 0.0536. The van der Waals surface area contributed by atoms with Crippen LogP contribution in [0.1, 0.15) is 0 Å². The highest BCUT2D eigenvalue weighted by atomic mass is 16.6. The Labute approximate surface area is 90.3 Å². The first-order valence-electron chi connectivity index (χ1n) is 5.65. The van der Waals surface area contributed by atoms with Crippen molar-refractivity contribution < 1.29 is 14.6 Å². The van der Waals surface area contributed by atoms with Gasteiger partial charge in [-0.3, -0.25) is 4.90 Å². The summed E-state index contributed by atoms with van der Waals surface area (Å²) in [6.07, 6.45) is -0.0133. The Balaban J connectivity index is 1.72. The van der Waals surface area contributed by atoms with Gasteiger partial charge in [-0.1, -0.05) is 0 Å². The van der Waals surface area contributed by atoms with Crippen LogP contribution in [-0.4, -0.2) is 74.8 Å². The van der Waals surface area contributed by atoms with Crippen LogP contribution in [-0.2, 0) is 9.47 Å². The predicted molar refractivity (Wildman–Crippen MR) is 55.9 cm³/mol. The minimum Gasteiger partial charge on any atom is -0.394 e. The summed E-state index contributed by atoms with van der Waals surface area (Å²) < 4.78 is 11.1. The number of piperazine rings is 1. The largest absolute Gasteiger partial charge is 0.394 e. The second-order valence-corrected chi connectivity index (χ2v) is 4.15. The first-order valence-corrected chi connectivity index (χ1v) is 5.65. The van der Waals surface area contributed by atoms with Crippen LogP contribution >= 0.6 is 0 Å². The fourth-order valence-corrected chi connectivity index (χ4v) is 2.05. The number of hydrogen-bond donors (Lipinski definition) is 2. The Hall–Kier alpha value is -0.200. The van der Waals surface area contributed by atoms with Gasteiger partial charge < -0.3 is 19.9 Å². The van der Waals surface area contributed by atoms with Crippen LogP contribution in [0.4, 0.5) is 0 Å². The zero-order chi connectivity index (χ0) is 10.5. The molecular weight excluding hydrogens is 196 g/mol. The zero-order valence-corrected chi connectivity index (χ0v) is 9.02. The molecule has 0 unspecified atom stereocenters. The average Bonchev–Trinajstić information content (AvgIpc) is 2.31. The fourth-order valence-electron chi connectivity index (χ4n) is 2.05. The number of nitrogens with one attached hydrogen (secondary N) is 1. The van der Waals surface area contributed by atoms with Crippen LogP contribution in [0.25, 0.3) is 0 Å². The molecule has 2 heterocycles. The van der Waals surface area contributed by atoms with Crippen molar-refractivity contribution in [3.8, 4) is 0 Å². The van der Waals surface area contributed by atoms with Gasteiger partial charge in [0.1, 0.15) is 6.10 Å². The number of rotatable bonds is 3. The van der Waals surface area contributed by atoms with Gasteiger partial charge in [-0.2, -0.15) is 0 Å². The highest BCUT2D eigenvalue weighted by molar-refractivity contribution is 4.75. The SMILES string of the molecule is OC[C@H]1COC[C@@H](CN2CCNCC2)O1. The average molecular weight is 216 g/mol. The third-order valence-electron chi connectivity index (χ3n) is 2.87. The maximum atomic E-state index is 8.99. The first-order chi connectivity index (χ1) is 7.38. The van der Waals surface area contributed by atoms with Crippen LogP contribution in [0.2, 0.25) is 0 Å². The van der Waals surface area contributed by atoms with Crippen molar-refractivity contribution in [1.82, 2.24) is 10.2 Å². The number of aliphatic hydroxyl groups excluding tert-OH is 1. The van der Waals surface area contributed by atoms with Crippen molar-refractivity contribution in [2.45, 2.75) is 12.2 Å². The molecule has 0 aromatic heterocycles. The topological polar surface area (TPSA) is 54.0 Å². The van der Waals surface area contributed by atoms with Gasteiger partial charge >= 0.3 is 0 Å². The van der Waals surface area contributed by atoms with E-state index in [9.17, 15) is 0 Å². The van der Waals surface area contributed by atoms with E-state index in [0.717, 1.165) is 32.7 Å². The van der Waals surface area contributed by atoms with Crippen LogP contribution in [0, 0.1) is 0 Å². The molecule has 5 heteroatoms. The molecular formula is C10H20N2O3. The molecule has 2 N–H and O–H groups in total. The normalized spacial score (nSPS) is 34.2. The van der Waals surface area contributed by atoms with E-state index < -0.39 is 0 Å². The molecule has 0 aliphatic carbocycles. The molecule has 0 spiro atoms. The lowest BCUT2D eigenvalue weighted by molar-refractivity contribution is -0.156. The van der Waals surface area contributed by atoms with Gasteiger partial charge in [-0.25, -0.2) is 0 Å². The molecule has 2 rings (SSSR count). The third-order valence-corrected chi connectivity index (χ3v) is 2.87. The van der Waals surface area contributed by atoms with E-state index in [1.807, 2.05) is 0 Å². The quantitative estimate of drug-likeness (QED) is 0.612. The smallest absolute Gasteiger partial charge is 0.104 e. The molecule has 15 heavy (non-hydrogen) atoms. The van der Waals surface area contributed by atoms with Crippen molar-refractivity contribution in [3.05, 3.63) is 0 Å². The summed E-state index contributed by atoms with van der Waals surface area (Å²) in [6.45, 7) is 6.40. The molecule has 0 aromatic carbocycles. The van der Waals surface area contributed by atoms with Gasteiger partial charge in [-0.15, -0.1) is 0 Å². The summed E-state index contributed by atoms with van der Waals surface area (Å²) >= 11 is 0. The molecule has 0 aromatic rings. The fraction of sp³-hybridized carbons (Fsp3) is 1.00. The number of hydrogen-bond acceptors (Lipinski definition) is 5. The lowest BCUT2D eigenvalue weighted by Crippen LogP contribution is -2.50. The maximum absolute atomic E-state index is 8.99. The van der Waals surface area contributed by atoms with E-state index in [4.69, 9.17) is 14.6 Å². The van der Waals surface area contributed by atoms with Crippen molar-refractivity contribution in [2.75, 3.05) is 52.5 Å². The van der Waals surface area contributed by atoms with E-state index in [0.29, 0.717) is 13.2 Å². The lowest BCUT2D eigenvalue weighted by Gasteiger charge is -2.34. The van der Waals surface area contributed by atoms with E-state index in [1.165, 1.54) is 0 Å². The monoisotopic (exact) mass is 216 g/mol. The van der Waals surface area contributed by atoms with Gasteiger partial charge in [0.15, 0.2) is 0 Å². The molecule has 2 saturated heterocycles. The molecule has 2 atom stereocenters. The van der Waals surface area contributed by atoms with Crippen LogP contribution in [0.3, 0.4) is 0 Å². The third kappa shape index (κ3) is 3.39. The summed E-state index contributed by atoms with van der Waals surface area (Å²) in [7, 11) is 0. The summed E-state index contributed by atoms with van der Waals surface area (Å²) in [6, 6.07) is 0. The van der Waals surface area contributed by atoms with Crippen molar-refractivity contribution in [1.29, 1.82) is 0 Å². The van der Waals surface area contributed by atoms with E-state index in [2.05, 4.69) is 10.2 Å². The van der Waals surface area contributed by atoms with E-state index in [1.54, 1.807) is 0 Å². The van der Waals surface area contributed by atoms with Gasteiger partial charge in [0.25, 0.3) is 0 Å². The Morgan fingerprint density at radius 1 is 1.20 bits per heavy atom. The predicted octanol–water partition coefficient (Wildman–Crippen LogP) is -1.33. The number of aliphatic hydroxyl groups is 1. The number of ether oxygens (including phenoxy) is 2. The Morgan fingerprint density at radius 3 is 2.67 bits per heavy atom. The van der Waals surface area contributed by atoms with Crippen LogP contribution in [0.15, 0.2) is 0 Å². The zero-order valence-electron chi connectivity index (χ0n) is 9.02. The Kier molecular flexibility index (Phi) is 4.34. The van der Waals surface area contributed by atoms with Crippen molar-refractivity contribution >= 4 is 0 Å². The molecule has 0 amide bonds. The van der Waals surface area contributed by atoms with Crippen molar-refractivity contribution in [2.24, 2.45) is 0 Å². The van der Waals surface area contributed by atoms with Crippen LogP contribution < -0.4 is 5.32 Å². The van der Waals surface area contributed by atoms with Gasteiger partial charge in [0.2, 0.25) is 0 Å². The van der Waals surface area contributed by atoms with Crippen LogP contribution in [0.5, 0.6) is 0 Å². The second-order valence-electron chi connectivity index (χ2n) is 4.15. The summed E-state index contributed by atoms with van der Waals surface area (Å²) in [5.74, 6) is 0. The lowest BCUT2D eigenvalue weighted by atomic mass is 10.2. The minimum atomic E-state index is -0.133. The van der Waals surface area contributed by atoms with Gasteiger partial charge in [-0.05, 0) is 0 Å². The molecule has 0 bridgehead atoms. The molecule has 0 saturated carbocycles.